The van der Waals surface area contributed by atoms with Gasteiger partial charge in [0.15, 0.2) is 0 Å². The van der Waals surface area contributed by atoms with Gasteiger partial charge in [-0.25, -0.2) is 0 Å². The van der Waals surface area contributed by atoms with Crippen LogP contribution in [0.15, 0.2) is 4.99 Å². The number of aliphatic imine (C=N–C) groups is 1. The lowest BCUT2D eigenvalue weighted by atomic mass is 10.0. The van der Waals surface area contributed by atoms with Crippen LogP contribution in [0.3, 0.4) is 0 Å². The van der Waals surface area contributed by atoms with Crippen LogP contribution in [0, 0.1) is 0 Å². The van der Waals surface area contributed by atoms with Gasteiger partial charge in [0.25, 0.3) is 0 Å². The molecule has 0 saturated heterocycles. The van der Waals surface area contributed by atoms with Gasteiger partial charge in [-0.3, -0.25) is 4.99 Å². The summed E-state index contributed by atoms with van der Waals surface area (Å²) in [5.41, 5.74) is 0. The van der Waals surface area contributed by atoms with Gasteiger partial charge in [0.2, 0.25) is 0 Å². The predicted molar refractivity (Wildman–Crippen MR) is 67.2 cm³/mol. The molecule has 0 aromatic rings. The molecule has 0 radical (unpaired) electrons. The Balaban J connectivity index is 4.46. The van der Waals surface area contributed by atoms with Crippen molar-refractivity contribution in [3.05, 3.63) is 0 Å². The van der Waals surface area contributed by atoms with Crippen molar-refractivity contribution in [3.8, 4) is 0 Å². The lowest BCUT2D eigenvalue weighted by molar-refractivity contribution is -0.0999. The maximum atomic E-state index is 9.53. The van der Waals surface area contributed by atoms with E-state index in [1.165, 1.54) is 11.8 Å². The Hall–Kier alpha value is -0.180. The zero-order valence-corrected chi connectivity index (χ0v) is 11.0. The molecule has 0 bridgehead atoms. The third kappa shape index (κ3) is 5.80. The third-order valence-electron chi connectivity index (χ3n) is 2.32. The molecule has 7 heteroatoms. The van der Waals surface area contributed by atoms with Crippen molar-refractivity contribution in [2.75, 3.05) is 12.9 Å². The first-order chi connectivity index (χ1) is 7.75. The van der Waals surface area contributed by atoms with Crippen molar-refractivity contribution in [1.29, 1.82) is 0 Å². The van der Waals surface area contributed by atoms with Gasteiger partial charge in [-0.05, 0) is 20.1 Å². The van der Waals surface area contributed by atoms with Gasteiger partial charge in [0.05, 0.1) is 11.5 Å². The summed E-state index contributed by atoms with van der Waals surface area (Å²) in [6.07, 6.45) is -3.16. The number of hydrogen-bond acceptors (Lipinski definition) is 7. The molecule has 0 aliphatic heterocycles. The molecule has 0 saturated carbocycles. The second kappa shape index (κ2) is 7.30. The third-order valence-corrected chi connectivity index (χ3v) is 3.42. The number of aliphatic hydroxyl groups excluding tert-OH is 5. The Morgan fingerprint density at radius 3 is 2.12 bits per heavy atom. The van der Waals surface area contributed by atoms with E-state index >= 15 is 0 Å². The van der Waals surface area contributed by atoms with E-state index in [1.807, 2.05) is 20.1 Å². The van der Waals surface area contributed by atoms with Gasteiger partial charge >= 0.3 is 0 Å². The zero-order valence-electron chi connectivity index (χ0n) is 10.2. The van der Waals surface area contributed by atoms with Gasteiger partial charge in [0, 0.05) is 6.21 Å². The van der Waals surface area contributed by atoms with E-state index in [-0.39, 0.29) is 0 Å². The van der Waals surface area contributed by atoms with Crippen molar-refractivity contribution in [2.45, 2.75) is 43.1 Å². The lowest BCUT2D eigenvalue weighted by Gasteiger charge is -2.24. The van der Waals surface area contributed by atoms with Gasteiger partial charge < -0.3 is 25.5 Å². The summed E-state index contributed by atoms with van der Waals surface area (Å²) in [4.78, 5) is 3.59. The maximum absolute atomic E-state index is 9.53. The van der Waals surface area contributed by atoms with Crippen LogP contribution in [0.2, 0.25) is 0 Å². The van der Waals surface area contributed by atoms with Crippen molar-refractivity contribution >= 4 is 18.0 Å². The van der Waals surface area contributed by atoms with Gasteiger partial charge in [-0.2, -0.15) is 0 Å². The van der Waals surface area contributed by atoms with E-state index in [4.69, 9.17) is 10.2 Å². The SMILES string of the molecule is CSC(C)(C)N=C[C@@H](O)[C@@H](O)[C@H](O)[C@H](O)CO. The monoisotopic (exact) mass is 267 g/mol. The Morgan fingerprint density at radius 2 is 1.71 bits per heavy atom. The highest BCUT2D eigenvalue weighted by Gasteiger charge is 2.29. The van der Waals surface area contributed by atoms with Crippen molar-refractivity contribution in [1.82, 2.24) is 0 Å². The molecule has 6 nitrogen and oxygen atoms in total. The molecular formula is C10H21NO5S. The fourth-order valence-corrected chi connectivity index (χ4v) is 1.10. The summed E-state index contributed by atoms with van der Waals surface area (Å²) in [5.74, 6) is 0. The zero-order chi connectivity index (χ0) is 13.6. The number of nitrogens with zero attached hydrogens (tertiary/aromatic N) is 1. The quantitative estimate of drug-likeness (QED) is 0.362. The average Bonchev–Trinajstić information content (AvgIpc) is 2.33. The van der Waals surface area contributed by atoms with Gasteiger partial charge in [-0.1, -0.05) is 0 Å². The average molecular weight is 267 g/mol. The fourth-order valence-electron chi connectivity index (χ4n) is 0.934. The lowest BCUT2D eigenvalue weighted by Crippen LogP contribution is -2.46. The second-order valence-corrected chi connectivity index (χ2v) is 5.56. The molecule has 102 valence electrons. The highest BCUT2D eigenvalue weighted by molar-refractivity contribution is 7.99. The number of thioether (sulfide) groups is 1. The molecule has 0 unspecified atom stereocenters. The summed E-state index contributed by atoms with van der Waals surface area (Å²) in [6.45, 7) is 2.96. The molecule has 4 atom stereocenters. The fraction of sp³-hybridized carbons (Fsp3) is 0.900. The number of aliphatic hydroxyl groups is 5. The highest BCUT2D eigenvalue weighted by atomic mass is 32.2. The standard InChI is InChI=1S/C10H21NO5S/c1-10(2,17-3)11-4-6(13)8(15)9(16)7(14)5-12/h4,6-9,12-16H,5H2,1-3H3/t6-,7-,8-,9-/m1/s1. The second-order valence-electron chi connectivity index (χ2n) is 4.15. The van der Waals surface area contributed by atoms with E-state index in [2.05, 4.69) is 4.99 Å². The molecule has 17 heavy (non-hydrogen) atoms. The Labute approximate surface area is 105 Å². The van der Waals surface area contributed by atoms with Crippen LogP contribution in [0.25, 0.3) is 0 Å². The minimum absolute atomic E-state index is 0.443. The normalized spacial score (nSPS) is 20.2. The minimum Gasteiger partial charge on any atom is -0.394 e. The highest BCUT2D eigenvalue weighted by Crippen LogP contribution is 2.22. The van der Waals surface area contributed by atoms with E-state index in [1.54, 1.807) is 0 Å². The first-order valence-electron chi connectivity index (χ1n) is 5.18. The molecule has 0 fully saturated rings. The molecule has 0 aliphatic carbocycles. The molecule has 0 rings (SSSR count). The van der Waals surface area contributed by atoms with E-state index < -0.39 is 35.9 Å². The summed E-state index contributed by atoms with van der Waals surface area (Å²) in [6, 6.07) is 0. The topological polar surface area (TPSA) is 114 Å². The Kier molecular flexibility index (Phi) is 7.22. The largest absolute Gasteiger partial charge is 0.394 e. The Morgan fingerprint density at radius 1 is 1.18 bits per heavy atom. The van der Waals surface area contributed by atoms with Crippen LogP contribution in [-0.2, 0) is 0 Å². The first-order valence-corrected chi connectivity index (χ1v) is 6.41. The molecule has 0 heterocycles. The van der Waals surface area contributed by atoms with Crippen LogP contribution in [0.4, 0.5) is 0 Å². The van der Waals surface area contributed by atoms with Crippen LogP contribution in [0.5, 0.6) is 0 Å². The summed E-state index contributed by atoms with van der Waals surface area (Å²) < 4.78 is 0. The van der Waals surface area contributed by atoms with E-state index in [9.17, 15) is 15.3 Å². The predicted octanol–water partition coefficient (Wildman–Crippen LogP) is -1.41. The minimum atomic E-state index is -1.63. The Bertz CT molecular complexity index is 249. The van der Waals surface area contributed by atoms with Gasteiger partial charge in [0.1, 0.15) is 24.4 Å². The number of hydrogen-bond donors (Lipinski definition) is 5. The maximum Gasteiger partial charge on any atom is 0.117 e. The molecule has 0 aliphatic rings. The smallest absolute Gasteiger partial charge is 0.117 e. The molecule has 0 aromatic heterocycles. The summed E-state index contributed by atoms with van der Waals surface area (Å²) in [7, 11) is 0. The van der Waals surface area contributed by atoms with E-state index in [0.717, 1.165) is 6.21 Å². The van der Waals surface area contributed by atoms with Crippen LogP contribution in [0.1, 0.15) is 13.8 Å². The van der Waals surface area contributed by atoms with E-state index in [0.29, 0.717) is 0 Å². The molecule has 0 spiro atoms. The molecular weight excluding hydrogens is 246 g/mol. The molecule has 0 amide bonds. The van der Waals surface area contributed by atoms with Crippen LogP contribution in [-0.4, -0.2) is 73.9 Å². The summed E-state index contributed by atoms with van der Waals surface area (Å²) in [5, 5.41) is 46.1. The number of rotatable bonds is 7. The van der Waals surface area contributed by atoms with Crippen LogP contribution >= 0.6 is 11.8 Å². The van der Waals surface area contributed by atoms with Gasteiger partial charge in [-0.15, -0.1) is 11.8 Å². The van der Waals surface area contributed by atoms with Crippen LogP contribution < -0.4 is 0 Å². The summed E-state index contributed by atoms with van der Waals surface area (Å²) >= 11 is 1.46. The molecule has 5 N–H and O–H groups in total. The van der Waals surface area contributed by atoms with Crippen molar-refractivity contribution in [3.63, 3.8) is 0 Å². The van der Waals surface area contributed by atoms with Crippen molar-refractivity contribution < 1.29 is 25.5 Å². The molecule has 0 aromatic carbocycles. The first kappa shape index (κ1) is 16.8. The van der Waals surface area contributed by atoms with Crippen molar-refractivity contribution in [2.24, 2.45) is 4.99 Å².